The van der Waals surface area contributed by atoms with Crippen molar-refractivity contribution in [3.63, 3.8) is 0 Å². The molecule has 0 saturated carbocycles. The molecule has 0 heterocycles. The second-order valence-corrected chi connectivity index (χ2v) is 16.1. The third-order valence-electron chi connectivity index (χ3n) is 10.8. The van der Waals surface area contributed by atoms with Crippen molar-refractivity contribution in [2.24, 2.45) is 0 Å². The number of carbonyl (C=O) groups is 1. The van der Waals surface area contributed by atoms with E-state index in [1.807, 2.05) is 0 Å². The van der Waals surface area contributed by atoms with E-state index in [0.717, 1.165) is 51.4 Å². The molecular weight excluding hydrogens is 683 g/mol. The van der Waals surface area contributed by atoms with Gasteiger partial charge in [-0.25, -0.2) is 0 Å². The average molecular weight is 774 g/mol. The number of amides is 1. The molecule has 322 valence electrons. The zero-order chi connectivity index (χ0) is 40.3. The fraction of sp³-hybridized carbons (Fsp3) is 0.816. The fourth-order valence-electron chi connectivity index (χ4n) is 7.05. The van der Waals surface area contributed by atoms with E-state index in [1.54, 1.807) is 0 Å². The number of aliphatic hydroxyl groups excluding tert-OH is 4. The van der Waals surface area contributed by atoms with E-state index in [1.165, 1.54) is 141 Å². The minimum Gasteiger partial charge on any atom is -0.394 e. The van der Waals surface area contributed by atoms with Gasteiger partial charge in [0.2, 0.25) is 5.91 Å². The molecule has 0 aliphatic carbocycles. The molecule has 4 unspecified atom stereocenters. The molecule has 0 aliphatic rings. The predicted octanol–water partition coefficient (Wildman–Crippen LogP) is 12.7. The van der Waals surface area contributed by atoms with Crippen LogP contribution in [0.15, 0.2) is 48.6 Å². The molecule has 6 heteroatoms. The number of unbranched alkanes of at least 4 members (excludes halogenated alkanes) is 25. The van der Waals surface area contributed by atoms with Gasteiger partial charge < -0.3 is 25.7 Å². The number of allylic oxidation sites excluding steroid dienone is 8. The summed E-state index contributed by atoms with van der Waals surface area (Å²) in [4.78, 5) is 12.5. The third-order valence-corrected chi connectivity index (χ3v) is 10.8. The maximum Gasteiger partial charge on any atom is 0.249 e. The van der Waals surface area contributed by atoms with Gasteiger partial charge in [0.1, 0.15) is 12.2 Å². The molecule has 0 aromatic rings. The Kier molecular flexibility index (Phi) is 42.0. The van der Waals surface area contributed by atoms with Gasteiger partial charge in [-0.05, 0) is 77.0 Å². The van der Waals surface area contributed by atoms with Crippen molar-refractivity contribution in [2.45, 2.75) is 250 Å². The van der Waals surface area contributed by atoms with Crippen molar-refractivity contribution in [1.29, 1.82) is 0 Å². The molecule has 0 aromatic carbocycles. The number of hydrogen-bond donors (Lipinski definition) is 5. The summed E-state index contributed by atoms with van der Waals surface area (Å²) in [6.45, 7) is 3.90. The van der Waals surface area contributed by atoms with Crippen LogP contribution in [0.25, 0.3) is 0 Å². The van der Waals surface area contributed by atoms with Gasteiger partial charge in [0.15, 0.2) is 0 Å². The zero-order valence-electron chi connectivity index (χ0n) is 36.2. The van der Waals surface area contributed by atoms with Gasteiger partial charge in [0.05, 0.1) is 18.8 Å². The standard InChI is InChI=1S/C49H91NO5/c1-3-5-7-9-11-13-14-15-16-17-18-19-20-21-22-23-24-25-26-27-28-29-30-31-32-33-35-37-39-41-43-47(53)49(55)50-45(44-51)48(54)46(52)42-40-38-36-34-12-10-8-6-4-2/h6,8,18-19,21-22,34,36,45-48,51-54H,3-5,7,9-17,20,23-33,35,37-44H2,1-2H3,(H,50,55)/b8-6+,19-18-,22-21-,36-34+. The molecule has 1 amide bonds. The van der Waals surface area contributed by atoms with Crippen LogP contribution >= 0.6 is 0 Å². The monoisotopic (exact) mass is 774 g/mol. The average Bonchev–Trinajstić information content (AvgIpc) is 3.19. The lowest BCUT2D eigenvalue weighted by Crippen LogP contribution is -2.53. The van der Waals surface area contributed by atoms with E-state index in [9.17, 15) is 25.2 Å². The van der Waals surface area contributed by atoms with Crippen LogP contribution in [0.4, 0.5) is 0 Å². The van der Waals surface area contributed by atoms with Crippen LogP contribution in [0.5, 0.6) is 0 Å². The topological polar surface area (TPSA) is 110 Å². The van der Waals surface area contributed by atoms with Gasteiger partial charge in [0, 0.05) is 0 Å². The Bertz CT molecular complexity index is 915. The summed E-state index contributed by atoms with van der Waals surface area (Å²) in [7, 11) is 0. The summed E-state index contributed by atoms with van der Waals surface area (Å²) in [5.41, 5.74) is 0. The Balaban J connectivity index is 3.61. The van der Waals surface area contributed by atoms with Crippen molar-refractivity contribution in [2.75, 3.05) is 6.61 Å². The lowest BCUT2D eigenvalue weighted by Gasteiger charge is -2.27. The highest BCUT2D eigenvalue weighted by atomic mass is 16.3. The highest BCUT2D eigenvalue weighted by Crippen LogP contribution is 2.16. The molecule has 0 fully saturated rings. The molecule has 5 N–H and O–H groups in total. The predicted molar refractivity (Wildman–Crippen MR) is 237 cm³/mol. The molecule has 0 aliphatic heterocycles. The maximum absolute atomic E-state index is 12.5. The maximum atomic E-state index is 12.5. The SMILES string of the molecule is CC/C=C/CC/C=C/CCCC(O)C(O)C(CO)NC(=O)C(O)CCCCCCCCCCCCCCCC/C=C\C/C=C\CCCCCCCCCCC. The number of rotatable bonds is 42. The minimum atomic E-state index is -1.29. The molecule has 0 radical (unpaired) electrons. The Morgan fingerprint density at radius 3 is 1.35 bits per heavy atom. The Morgan fingerprint density at radius 1 is 0.473 bits per heavy atom. The summed E-state index contributed by atoms with van der Waals surface area (Å²) >= 11 is 0. The van der Waals surface area contributed by atoms with Gasteiger partial charge in [-0.15, -0.1) is 0 Å². The molecule has 0 aromatic heterocycles. The Hall–Kier alpha value is -1.73. The van der Waals surface area contributed by atoms with Crippen molar-refractivity contribution in [1.82, 2.24) is 5.32 Å². The summed E-state index contributed by atoms with van der Waals surface area (Å²) in [5, 5.41) is 43.4. The van der Waals surface area contributed by atoms with Gasteiger partial charge in [0.25, 0.3) is 0 Å². The van der Waals surface area contributed by atoms with E-state index >= 15 is 0 Å². The minimum absolute atomic E-state index is 0.358. The normalized spacial score (nSPS) is 14.5. The largest absolute Gasteiger partial charge is 0.394 e. The van der Waals surface area contributed by atoms with Crippen molar-refractivity contribution in [3.8, 4) is 0 Å². The number of nitrogens with one attached hydrogen (secondary N) is 1. The first-order chi connectivity index (χ1) is 27.0. The van der Waals surface area contributed by atoms with E-state index in [2.05, 4.69) is 67.8 Å². The van der Waals surface area contributed by atoms with Crippen LogP contribution in [0.2, 0.25) is 0 Å². The number of hydrogen-bond acceptors (Lipinski definition) is 5. The third kappa shape index (κ3) is 37.6. The molecule has 0 rings (SSSR count). The highest BCUT2D eigenvalue weighted by Gasteiger charge is 2.28. The van der Waals surface area contributed by atoms with E-state index in [0.29, 0.717) is 19.3 Å². The first-order valence-corrected chi connectivity index (χ1v) is 23.5. The van der Waals surface area contributed by atoms with Crippen molar-refractivity contribution in [3.05, 3.63) is 48.6 Å². The quantitative estimate of drug-likeness (QED) is 0.0313. The van der Waals surface area contributed by atoms with Crippen LogP contribution in [-0.2, 0) is 4.79 Å². The molecule has 0 bridgehead atoms. The van der Waals surface area contributed by atoms with Gasteiger partial charge in [-0.3, -0.25) is 4.79 Å². The highest BCUT2D eigenvalue weighted by molar-refractivity contribution is 5.80. The van der Waals surface area contributed by atoms with Crippen LogP contribution < -0.4 is 5.32 Å². The molecule has 55 heavy (non-hydrogen) atoms. The fourth-order valence-corrected chi connectivity index (χ4v) is 7.05. The molecule has 6 nitrogen and oxygen atoms in total. The van der Waals surface area contributed by atoms with E-state index in [-0.39, 0.29) is 0 Å². The second kappa shape index (κ2) is 43.4. The first-order valence-electron chi connectivity index (χ1n) is 23.5. The second-order valence-electron chi connectivity index (χ2n) is 16.1. The summed E-state index contributed by atoms with van der Waals surface area (Å²) in [6, 6.07) is -1.01. The smallest absolute Gasteiger partial charge is 0.249 e. The van der Waals surface area contributed by atoms with Crippen LogP contribution in [0, 0.1) is 0 Å². The summed E-state index contributed by atoms with van der Waals surface area (Å²) in [6.07, 6.45) is 53.3. The first kappa shape index (κ1) is 53.3. The zero-order valence-corrected chi connectivity index (χ0v) is 36.2. The summed E-state index contributed by atoms with van der Waals surface area (Å²) < 4.78 is 0. The van der Waals surface area contributed by atoms with E-state index < -0.39 is 36.9 Å². The number of aliphatic hydroxyl groups is 4. The van der Waals surface area contributed by atoms with Crippen LogP contribution in [-0.4, -0.2) is 57.3 Å². The van der Waals surface area contributed by atoms with Gasteiger partial charge in [-0.1, -0.05) is 197 Å². The molecule has 0 saturated heterocycles. The lowest BCUT2D eigenvalue weighted by atomic mass is 10.00. The van der Waals surface area contributed by atoms with Crippen LogP contribution in [0.3, 0.4) is 0 Å². The molecular formula is C49H91NO5. The molecule has 0 spiro atoms. The van der Waals surface area contributed by atoms with Crippen molar-refractivity contribution < 1.29 is 25.2 Å². The summed E-state index contributed by atoms with van der Waals surface area (Å²) in [5.74, 6) is -0.601. The van der Waals surface area contributed by atoms with Gasteiger partial charge >= 0.3 is 0 Å². The number of carbonyl (C=O) groups excluding carboxylic acids is 1. The van der Waals surface area contributed by atoms with Crippen molar-refractivity contribution >= 4 is 5.91 Å². The van der Waals surface area contributed by atoms with Gasteiger partial charge in [-0.2, -0.15) is 0 Å². The Morgan fingerprint density at radius 2 is 0.873 bits per heavy atom. The lowest BCUT2D eigenvalue weighted by molar-refractivity contribution is -0.132. The van der Waals surface area contributed by atoms with E-state index in [4.69, 9.17) is 0 Å². The molecule has 4 atom stereocenters. The van der Waals surface area contributed by atoms with Crippen LogP contribution in [0.1, 0.15) is 226 Å². The Labute approximate surface area is 340 Å².